The number of aromatic nitrogens is 2. The van der Waals surface area contributed by atoms with E-state index in [0.717, 1.165) is 5.69 Å². The molecule has 0 aliphatic heterocycles. The molecule has 0 fully saturated rings. The van der Waals surface area contributed by atoms with Gasteiger partial charge >= 0.3 is 0 Å². The Morgan fingerprint density at radius 1 is 1.43 bits per heavy atom. The summed E-state index contributed by atoms with van der Waals surface area (Å²) < 4.78 is 7.41. The van der Waals surface area contributed by atoms with Gasteiger partial charge in [-0.25, -0.2) is 0 Å². The number of nitrogens with zero attached hydrogens (tertiary/aromatic N) is 3. The maximum atomic E-state index is 12.7. The molecule has 21 heavy (non-hydrogen) atoms. The molecule has 0 bridgehead atoms. The third-order valence-electron chi connectivity index (χ3n) is 3.14. The smallest absolute Gasteiger partial charge is 0.212 e. The van der Waals surface area contributed by atoms with E-state index in [9.17, 15) is 4.79 Å². The SMILES string of the molecule is COCCn1ncc(Br)c1C(=O)c1cccc(N(C)C)c1. The topological polar surface area (TPSA) is 47.4 Å². The number of benzene rings is 1. The van der Waals surface area contributed by atoms with E-state index in [1.165, 1.54) is 0 Å². The zero-order valence-corrected chi connectivity index (χ0v) is 13.9. The second-order valence-corrected chi connectivity index (χ2v) is 5.69. The molecule has 0 unspecified atom stereocenters. The average molecular weight is 352 g/mol. The fourth-order valence-corrected chi connectivity index (χ4v) is 2.47. The lowest BCUT2D eigenvalue weighted by Crippen LogP contribution is -2.15. The van der Waals surface area contributed by atoms with Crippen LogP contribution in [-0.4, -0.2) is 43.4 Å². The fourth-order valence-electron chi connectivity index (χ4n) is 2.00. The van der Waals surface area contributed by atoms with E-state index in [1.807, 2.05) is 43.3 Å². The normalized spacial score (nSPS) is 10.7. The van der Waals surface area contributed by atoms with Crippen molar-refractivity contribution in [1.82, 2.24) is 9.78 Å². The van der Waals surface area contributed by atoms with Gasteiger partial charge in [0.1, 0.15) is 5.69 Å². The van der Waals surface area contributed by atoms with Crippen LogP contribution in [0.5, 0.6) is 0 Å². The number of ether oxygens (including phenoxy) is 1. The van der Waals surface area contributed by atoms with E-state index in [-0.39, 0.29) is 5.78 Å². The van der Waals surface area contributed by atoms with E-state index in [4.69, 9.17) is 4.74 Å². The quantitative estimate of drug-likeness (QED) is 0.750. The molecule has 1 heterocycles. The minimum Gasteiger partial charge on any atom is -0.383 e. The highest BCUT2D eigenvalue weighted by molar-refractivity contribution is 9.10. The number of hydrogen-bond donors (Lipinski definition) is 0. The molecule has 1 aromatic heterocycles. The second-order valence-electron chi connectivity index (χ2n) is 4.83. The average Bonchev–Trinajstić information content (AvgIpc) is 2.85. The van der Waals surface area contributed by atoms with Crippen molar-refractivity contribution < 1.29 is 9.53 Å². The van der Waals surface area contributed by atoms with Crippen molar-refractivity contribution in [3.8, 4) is 0 Å². The molecule has 112 valence electrons. The molecule has 0 radical (unpaired) electrons. The molecule has 0 N–H and O–H groups in total. The molecule has 6 heteroatoms. The first-order chi connectivity index (χ1) is 10.0. The first-order valence-electron chi connectivity index (χ1n) is 6.57. The highest BCUT2D eigenvalue weighted by atomic mass is 79.9. The van der Waals surface area contributed by atoms with Crippen LogP contribution >= 0.6 is 15.9 Å². The molecule has 0 saturated heterocycles. The zero-order chi connectivity index (χ0) is 15.4. The minimum atomic E-state index is -0.0563. The summed E-state index contributed by atoms with van der Waals surface area (Å²) in [5.74, 6) is -0.0563. The van der Waals surface area contributed by atoms with Crippen molar-refractivity contribution in [3.63, 3.8) is 0 Å². The molecule has 2 rings (SSSR count). The summed E-state index contributed by atoms with van der Waals surface area (Å²) in [4.78, 5) is 14.7. The lowest BCUT2D eigenvalue weighted by Gasteiger charge is -2.13. The Bertz CT molecular complexity index is 638. The summed E-state index contributed by atoms with van der Waals surface area (Å²) >= 11 is 3.40. The first kappa shape index (κ1) is 15.7. The van der Waals surface area contributed by atoms with Crippen LogP contribution < -0.4 is 4.90 Å². The number of methoxy groups -OCH3 is 1. The molecule has 5 nitrogen and oxygen atoms in total. The van der Waals surface area contributed by atoms with Crippen molar-refractivity contribution >= 4 is 27.4 Å². The largest absolute Gasteiger partial charge is 0.383 e. The van der Waals surface area contributed by atoms with Gasteiger partial charge in [0.2, 0.25) is 5.78 Å². The number of rotatable bonds is 6. The van der Waals surface area contributed by atoms with E-state index < -0.39 is 0 Å². The summed E-state index contributed by atoms with van der Waals surface area (Å²) in [6.45, 7) is 1.04. The molecular formula is C15H18BrN3O2. The van der Waals surface area contributed by atoms with Crippen LogP contribution in [0, 0.1) is 0 Å². The van der Waals surface area contributed by atoms with Gasteiger partial charge in [-0.05, 0) is 28.1 Å². The van der Waals surface area contributed by atoms with Gasteiger partial charge in [-0.2, -0.15) is 5.10 Å². The van der Waals surface area contributed by atoms with Crippen LogP contribution in [-0.2, 0) is 11.3 Å². The van der Waals surface area contributed by atoms with Gasteiger partial charge in [0, 0.05) is 32.5 Å². The van der Waals surface area contributed by atoms with Gasteiger partial charge in [0.05, 0.1) is 23.8 Å². The maximum absolute atomic E-state index is 12.7. The highest BCUT2D eigenvalue weighted by Crippen LogP contribution is 2.22. The number of carbonyl (C=O) groups is 1. The number of ketones is 1. The Morgan fingerprint density at radius 2 is 2.19 bits per heavy atom. The van der Waals surface area contributed by atoms with Crippen LogP contribution in [0.15, 0.2) is 34.9 Å². The zero-order valence-electron chi connectivity index (χ0n) is 12.3. The van der Waals surface area contributed by atoms with Crippen molar-refractivity contribution in [2.24, 2.45) is 0 Å². The number of carbonyl (C=O) groups excluding carboxylic acids is 1. The predicted octanol–water partition coefficient (Wildman–Crippen LogP) is 2.59. The molecule has 0 amide bonds. The fraction of sp³-hybridized carbons (Fsp3) is 0.333. The van der Waals surface area contributed by atoms with Gasteiger partial charge in [0.15, 0.2) is 0 Å². The highest BCUT2D eigenvalue weighted by Gasteiger charge is 2.19. The van der Waals surface area contributed by atoms with Gasteiger partial charge in [-0.3, -0.25) is 9.48 Å². The van der Waals surface area contributed by atoms with Crippen molar-refractivity contribution in [2.45, 2.75) is 6.54 Å². The number of anilines is 1. The Kier molecular flexibility index (Phi) is 5.14. The van der Waals surface area contributed by atoms with Gasteiger partial charge < -0.3 is 9.64 Å². The van der Waals surface area contributed by atoms with Crippen LogP contribution in [0.25, 0.3) is 0 Å². The Hall–Kier alpha value is -1.66. The van der Waals surface area contributed by atoms with Gasteiger partial charge in [-0.1, -0.05) is 12.1 Å². The van der Waals surface area contributed by atoms with E-state index in [0.29, 0.717) is 28.9 Å². The molecular weight excluding hydrogens is 334 g/mol. The predicted molar refractivity (Wildman–Crippen MR) is 86.0 cm³/mol. The van der Waals surface area contributed by atoms with Gasteiger partial charge in [0.25, 0.3) is 0 Å². The summed E-state index contributed by atoms with van der Waals surface area (Å²) in [6.07, 6.45) is 1.64. The maximum Gasteiger partial charge on any atom is 0.212 e. The molecule has 0 saturated carbocycles. The third-order valence-corrected chi connectivity index (χ3v) is 3.72. The van der Waals surface area contributed by atoms with E-state index in [2.05, 4.69) is 21.0 Å². The Labute approximate surface area is 132 Å². The lowest BCUT2D eigenvalue weighted by molar-refractivity contribution is 0.102. The Balaban J connectivity index is 2.35. The van der Waals surface area contributed by atoms with Crippen molar-refractivity contribution in [2.75, 3.05) is 32.7 Å². The van der Waals surface area contributed by atoms with Crippen LogP contribution in [0.1, 0.15) is 16.1 Å². The monoisotopic (exact) mass is 351 g/mol. The molecule has 0 spiro atoms. The summed E-state index contributed by atoms with van der Waals surface area (Å²) in [6, 6.07) is 7.54. The van der Waals surface area contributed by atoms with Gasteiger partial charge in [-0.15, -0.1) is 0 Å². The van der Waals surface area contributed by atoms with E-state index in [1.54, 1.807) is 18.0 Å². The lowest BCUT2D eigenvalue weighted by atomic mass is 10.1. The number of hydrogen-bond acceptors (Lipinski definition) is 4. The number of halogens is 1. The van der Waals surface area contributed by atoms with Crippen LogP contribution in [0.3, 0.4) is 0 Å². The standard InChI is InChI=1S/C15H18BrN3O2/c1-18(2)12-6-4-5-11(9-12)15(20)14-13(16)10-17-19(14)7-8-21-3/h4-6,9-10H,7-8H2,1-3H3. The summed E-state index contributed by atoms with van der Waals surface area (Å²) in [7, 11) is 5.52. The molecule has 2 aromatic rings. The van der Waals surface area contributed by atoms with Crippen molar-refractivity contribution in [1.29, 1.82) is 0 Å². The first-order valence-corrected chi connectivity index (χ1v) is 7.36. The Morgan fingerprint density at radius 3 is 2.86 bits per heavy atom. The van der Waals surface area contributed by atoms with E-state index >= 15 is 0 Å². The second kappa shape index (κ2) is 6.87. The molecule has 0 atom stereocenters. The summed E-state index contributed by atoms with van der Waals surface area (Å²) in [5, 5.41) is 4.22. The molecule has 0 aliphatic rings. The minimum absolute atomic E-state index is 0.0563. The summed E-state index contributed by atoms with van der Waals surface area (Å²) in [5.41, 5.74) is 2.17. The van der Waals surface area contributed by atoms with Crippen LogP contribution in [0.2, 0.25) is 0 Å². The van der Waals surface area contributed by atoms with Crippen LogP contribution in [0.4, 0.5) is 5.69 Å². The third kappa shape index (κ3) is 3.51. The molecule has 1 aromatic carbocycles. The van der Waals surface area contributed by atoms with Crippen molar-refractivity contribution in [3.05, 3.63) is 46.2 Å². The molecule has 0 aliphatic carbocycles.